The number of aromatic nitrogens is 4. The van der Waals surface area contributed by atoms with Crippen LogP contribution in [0.2, 0.25) is 0 Å². The molecule has 0 saturated heterocycles. The first-order valence-corrected chi connectivity index (χ1v) is 12.2. The number of pyridine rings is 1. The van der Waals surface area contributed by atoms with E-state index in [0.717, 1.165) is 48.8 Å². The monoisotopic (exact) mass is 451 g/mol. The van der Waals surface area contributed by atoms with Gasteiger partial charge in [0.05, 0.1) is 11.8 Å². The lowest BCUT2D eigenvalue weighted by atomic mass is 9.88. The van der Waals surface area contributed by atoms with E-state index in [-0.39, 0.29) is 11.9 Å². The number of ether oxygens (including phenoxy) is 1. The number of hydrogen-bond donors (Lipinski definition) is 1. The lowest BCUT2D eigenvalue weighted by molar-refractivity contribution is -0.119. The molecule has 0 bridgehead atoms. The largest absolute Gasteiger partial charge is 0.382 e. The van der Waals surface area contributed by atoms with Crippen molar-refractivity contribution in [3.8, 4) is 11.4 Å². The van der Waals surface area contributed by atoms with Crippen LogP contribution in [0, 0.1) is 0 Å². The predicted octanol–water partition coefficient (Wildman–Crippen LogP) is 4.05. The molecule has 3 aromatic rings. The lowest BCUT2D eigenvalue weighted by Gasteiger charge is -2.26. The highest BCUT2D eigenvalue weighted by molar-refractivity contribution is 7.99. The summed E-state index contributed by atoms with van der Waals surface area (Å²) in [5, 5.41) is 12.7. The number of carbonyl (C=O) groups is 1. The zero-order valence-electron chi connectivity index (χ0n) is 18.4. The van der Waals surface area contributed by atoms with E-state index in [1.807, 2.05) is 25.1 Å². The fraction of sp³-hybridized carbons (Fsp3) is 0.417. The molecule has 168 valence electrons. The number of carbonyl (C=O) groups excluding carboxylic acids is 1. The molecule has 1 aliphatic rings. The molecule has 1 amide bonds. The average Bonchev–Trinajstić information content (AvgIpc) is 3.24. The number of nitrogens with zero attached hydrogens (tertiary/aromatic N) is 4. The fourth-order valence-electron chi connectivity index (χ4n) is 4.05. The van der Waals surface area contributed by atoms with E-state index in [2.05, 4.69) is 43.3 Å². The molecule has 2 aromatic heterocycles. The van der Waals surface area contributed by atoms with Crippen molar-refractivity contribution >= 4 is 17.7 Å². The van der Waals surface area contributed by atoms with Crippen molar-refractivity contribution in [2.75, 3.05) is 19.0 Å². The molecule has 32 heavy (non-hydrogen) atoms. The van der Waals surface area contributed by atoms with Crippen LogP contribution in [-0.4, -0.2) is 44.6 Å². The Balaban J connectivity index is 1.42. The number of nitrogens with one attached hydrogen (secondary N) is 1. The zero-order chi connectivity index (χ0) is 22.2. The van der Waals surface area contributed by atoms with Gasteiger partial charge in [0.25, 0.3) is 0 Å². The Morgan fingerprint density at radius 3 is 2.91 bits per heavy atom. The first kappa shape index (κ1) is 22.5. The van der Waals surface area contributed by atoms with Crippen molar-refractivity contribution in [2.45, 2.75) is 50.4 Å². The molecule has 8 heteroatoms. The van der Waals surface area contributed by atoms with Gasteiger partial charge in [0.1, 0.15) is 0 Å². The smallest absolute Gasteiger partial charge is 0.230 e. The fourth-order valence-corrected chi connectivity index (χ4v) is 4.83. The molecular weight excluding hydrogens is 422 g/mol. The molecule has 0 spiro atoms. The predicted molar refractivity (Wildman–Crippen MR) is 125 cm³/mol. The lowest BCUT2D eigenvalue weighted by Crippen LogP contribution is -2.32. The van der Waals surface area contributed by atoms with Gasteiger partial charge in [0, 0.05) is 37.7 Å². The summed E-state index contributed by atoms with van der Waals surface area (Å²) in [7, 11) is 0. The van der Waals surface area contributed by atoms with Gasteiger partial charge in [-0.15, -0.1) is 10.2 Å². The SMILES string of the molecule is CCOCCCn1c(SCC(=O)NC2CCCc3ccccc32)nnc1-c1ccncc1. The molecule has 0 radical (unpaired) electrons. The van der Waals surface area contributed by atoms with Crippen molar-refractivity contribution in [1.82, 2.24) is 25.1 Å². The van der Waals surface area contributed by atoms with E-state index < -0.39 is 0 Å². The van der Waals surface area contributed by atoms with E-state index in [9.17, 15) is 4.79 Å². The highest BCUT2D eigenvalue weighted by Gasteiger charge is 2.22. The van der Waals surface area contributed by atoms with Gasteiger partial charge < -0.3 is 14.6 Å². The van der Waals surface area contributed by atoms with Gasteiger partial charge >= 0.3 is 0 Å². The Kier molecular flexibility index (Phi) is 7.90. The zero-order valence-corrected chi connectivity index (χ0v) is 19.2. The van der Waals surface area contributed by atoms with Crippen molar-refractivity contribution in [2.24, 2.45) is 0 Å². The summed E-state index contributed by atoms with van der Waals surface area (Å²) in [5.74, 6) is 1.11. The number of benzene rings is 1. The van der Waals surface area contributed by atoms with Gasteiger partial charge in [-0.25, -0.2) is 0 Å². The van der Waals surface area contributed by atoms with Crippen LogP contribution in [0.3, 0.4) is 0 Å². The van der Waals surface area contributed by atoms with Gasteiger partial charge in [0.15, 0.2) is 11.0 Å². The second-order valence-electron chi connectivity index (χ2n) is 7.74. The van der Waals surface area contributed by atoms with Gasteiger partial charge in [-0.2, -0.15) is 0 Å². The Hall–Kier alpha value is -2.71. The Labute approximate surface area is 193 Å². The summed E-state index contributed by atoms with van der Waals surface area (Å²) in [5.41, 5.74) is 3.54. The van der Waals surface area contributed by atoms with Crippen molar-refractivity contribution in [3.05, 3.63) is 59.9 Å². The summed E-state index contributed by atoms with van der Waals surface area (Å²) in [6.45, 7) is 4.10. The molecule has 1 unspecified atom stereocenters. The van der Waals surface area contributed by atoms with Crippen LogP contribution in [0.1, 0.15) is 43.4 Å². The second kappa shape index (κ2) is 11.2. The van der Waals surface area contributed by atoms with Crippen LogP contribution in [0.15, 0.2) is 53.9 Å². The molecular formula is C24H29N5O2S. The third-order valence-electron chi connectivity index (χ3n) is 5.57. The number of aryl methyl sites for hydroxylation is 1. The van der Waals surface area contributed by atoms with Gasteiger partial charge in [-0.1, -0.05) is 36.0 Å². The minimum Gasteiger partial charge on any atom is -0.382 e. The molecule has 7 nitrogen and oxygen atoms in total. The van der Waals surface area contributed by atoms with Gasteiger partial charge in [-0.3, -0.25) is 9.78 Å². The number of rotatable bonds is 10. The van der Waals surface area contributed by atoms with E-state index >= 15 is 0 Å². The second-order valence-corrected chi connectivity index (χ2v) is 8.69. The number of hydrogen-bond acceptors (Lipinski definition) is 6. The minimum absolute atomic E-state index is 0.0195. The standard InChI is InChI=1S/C24H29N5O2S/c1-2-31-16-6-15-29-23(19-11-13-25-14-12-19)27-28-24(29)32-17-22(30)26-21-10-5-8-18-7-3-4-9-20(18)21/h3-4,7,9,11-14,21H,2,5-6,8,10,15-17H2,1H3,(H,26,30). The van der Waals surface area contributed by atoms with Crippen molar-refractivity contribution < 1.29 is 9.53 Å². The summed E-state index contributed by atoms with van der Waals surface area (Å²) in [6, 6.07) is 12.3. The molecule has 0 saturated carbocycles. The quantitative estimate of drug-likeness (QED) is 0.370. The van der Waals surface area contributed by atoms with E-state index in [4.69, 9.17) is 4.74 Å². The summed E-state index contributed by atoms with van der Waals surface area (Å²) in [4.78, 5) is 16.9. The molecule has 0 aliphatic heterocycles. The summed E-state index contributed by atoms with van der Waals surface area (Å²) < 4.78 is 7.57. The van der Waals surface area contributed by atoms with Crippen LogP contribution in [0.4, 0.5) is 0 Å². The summed E-state index contributed by atoms with van der Waals surface area (Å²) in [6.07, 6.45) is 7.50. The third-order valence-corrected chi connectivity index (χ3v) is 6.53. The van der Waals surface area contributed by atoms with Crippen molar-refractivity contribution in [3.63, 3.8) is 0 Å². The summed E-state index contributed by atoms with van der Waals surface area (Å²) >= 11 is 1.43. The number of amides is 1. The van der Waals surface area contributed by atoms with E-state index in [1.165, 1.54) is 22.9 Å². The van der Waals surface area contributed by atoms with Crippen LogP contribution in [-0.2, 0) is 22.5 Å². The average molecular weight is 452 g/mol. The highest BCUT2D eigenvalue weighted by atomic mass is 32.2. The molecule has 1 aromatic carbocycles. The Bertz CT molecular complexity index is 1020. The molecule has 1 aliphatic carbocycles. The molecule has 0 fully saturated rings. The maximum atomic E-state index is 12.8. The topological polar surface area (TPSA) is 81.9 Å². The highest BCUT2D eigenvalue weighted by Crippen LogP contribution is 2.30. The maximum absolute atomic E-state index is 12.8. The molecule has 1 N–H and O–H groups in total. The van der Waals surface area contributed by atoms with E-state index in [1.54, 1.807) is 12.4 Å². The van der Waals surface area contributed by atoms with Crippen molar-refractivity contribution in [1.29, 1.82) is 0 Å². The normalized spacial score (nSPS) is 15.3. The Morgan fingerprint density at radius 1 is 1.22 bits per heavy atom. The van der Waals surface area contributed by atoms with Gasteiger partial charge in [0.2, 0.25) is 5.91 Å². The number of fused-ring (bicyclic) bond motifs is 1. The minimum atomic E-state index is 0.0195. The maximum Gasteiger partial charge on any atom is 0.230 e. The number of thioether (sulfide) groups is 1. The molecule has 2 heterocycles. The van der Waals surface area contributed by atoms with Crippen LogP contribution in [0.5, 0.6) is 0 Å². The first-order valence-electron chi connectivity index (χ1n) is 11.2. The van der Waals surface area contributed by atoms with Crippen LogP contribution >= 0.6 is 11.8 Å². The molecule has 1 atom stereocenters. The van der Waals surface area contributed by atoms with E-state index in [0.29, 0.717) is 19.0 Å². The first-order chi connectivity index (χ1) is 15.8. The van der Waals surface area contributed by atoms with Gasteiger partial charge in [-0.05, 0) is 55.9 Å². The Morgan fingerprint density at radius 2 is 2.06 bits per heavy atom. The third kappa shape index (κ3) is 5.55. The van der Waals surface area contributed by atoms with Crippen LogP contribution in [0.25, 0.3) is 11.4 Å². The van der Waals surface area contributed by atoms with Crippen LogP contribution < -0.4 is 5.32 Å². The molecule has 4 rings (SSSR count).